The van der Waals surface area contributed by atoms with E-state index in [-0.39, 0.29) is 23.7 Å². The molecule has 0 amide bonds. The molecule has 1 aromatic carbocycles. The van der Waals surface area contributed by atoms with Gasteiger partial charge in [-0.25, -0.2) is 19.6 Å². The average Bonchev–Trinajstić information content (AvgIpc) is 3.62. The van der Waals surface area contributed by atoms with Gasteiger partial charge >= 0.3 is 0 Å². The van der Waals surface area contributed by atoms with E-state index in [0.717, 1.165) is 107 Å². The lowest BCUT2D eigenvalue weighted by molar-refractivity contribution is -0.577. The van der Waals surface area contributed by atoms with Crippen LogP contribution in [0.1, 0.15) is 106 Å². The van der Waals surface area contributed by atoms with E-state index in [4.69, 9.17) is 59.6 Å². The van der Waals surface area contributed by atoms with Crippen LogP contribution in [-0.2, 0) is 48.0 Å². The largest absolute Gasteiger partial charge is 0.384 e. The van der Waals surface area contributed by atoms with Crippen LogP contribution >= 0.6 is 11.6 Å². The lowest BCUT2D eigenvalue weighted by Crippen LogP contribution is -2.70. The minimum Gasteiger partial charge on any atom is -0.384 e. The fourth-order valence-corrected chi connectivity index (χ4v) is 13.2. The first kappa shape index (κ1) is 43.2. The zero-order valence-corrected chi connectivity index (χ0v) is 37.7. The van der Waals surface area contributed by atoms with Crippen LogP contribution in [0.15, 0.2) is 30.5 Å². The maximum Gasteiger partial charge on any atom is 0.201 e. The van der Waals surface area contributed by atoms with E-state index in [0.29, 0.717) is 41.9 Å². The summed E-state index contributed by atoms with van der Waals surface area (Å²) in [6, 6.07) is 7.88. The SMILES string of the molecule is C[C@@H]1CCC2[C@@H](C)[C@@H](OCCN(CCCCNc3ccnc4cc(Cl)ccc34)CCO[C@H]3O[C@@H]4O[C@]5(C)CCC6[C@H](C)CCC([C@H]3C)C64OO5)O[C@@H]3O[C@]4(C)CCC1C23OO4. The molecule has 61 heavy (non-hydrogen) atoms. The molecule has 2 spiro atoms. The summed E-state index contributed by atoms with van der Waals surface area (Å²) in [7, 11) is 0. The molecule has 1 N–H and O–H groups in total. The van der Waals surface area contributed by atoms with Crippen molar-refractivity contribution in [2.45, 2.75) is 154 Å². The topological polar surface area (TPSA) is 120 Å². The third kappa shape index (κ3) is 7.66. The Hall–Kier alpha value is -1.72. The number of fused-ring (bicyclic) bond motifs is 5. The number of aromatic nitrogens is 1. The fourth-order valence-electron chi connectivity index (χ4n) is 13.0. The predicted octanol–water partition coefficient (Wildman–Crippen LogP) is 8.83. The Labute approximate surface area is 366 Å². The highest BCUT2D eigenvalue weighted by atomic mass is 35.5. The van der Waals surface area contributed by atoms with Crippen LogP contribution in [0.4, 0.5) is 5.69 Å². The number of pyridine rings is 1. The van der Waals surface area contributed by atoms with E-state index < -0.39 is 47.9 Å². The second-order valence-electron chi connectivity index (χ2n) is 20.3. The molecule has 2 aromatic rings. The Bertz CT molecular complexity index is 1800. The van der Waals surface area contributed by atoms with Crippen LogP contribution in [0.3, 0.4) is 0 Å². The van der Waals surface area contributed by atoms with Crippen molar-refractivity contribution in [1.82, 2.24) is 9.88 Å². The molecule has 8 aliphatic heterocycles. The summed E-state index contributed by atoms with van der Waals surface area (Å²) >= 11 is 6.25. The standard InChI is InChI=1S/C47H68ClN3O10/c1-28-9-13-36-30(3)40(54-42-46(36)34(28)15-18-44(5,56-42)58-60-46)52-25-23-51(22-8-7-20-49-38-17-21-50-39-27-32(48)11-12-33(38)39)24-26-53-41-31(4)37-14-10-29(2)35-16-19-45(6)57-43(55-41)47(35,37)61-59-45/h11-12,17,21,27-31,34-37,40-43H,7-10,13-16,18-20,22-26H2,1-6H3,(H,49,50)/t28-,29-,30-,31-,34?,35?,36?,37?,40+,41+,42-,43-,44+,45+,46?,47?/m1/s1. The van der Waals surface area contributed by atoms with Crippen LogP contribution in [0, 0.1) is 47.3 Å². The molecule has 8 saturated heterocycles. The number of ether oxygens (including phenoxy) is 6. The fraction of sp³-hybridized carbons (Fsp3) is 0.809. The molecule has 2 saturated carbocycles. The third-order valence-electron chi connectivity index (χ3n) is 16.5. The molecule has 2 aliphatic carbocycles. The number of anilines is 1. The highest BCUT2D eigenvalue weighted by Crippen LogP contribution is 2.62. The predicted molar refractivity (Wildman–Crippen MR) is 226 cm³/mol. The van der Waals surface area contributed by atoms with Crippen molar-refractivity contribution in [1.29, 1.82) is 0 Å². The summed E-state index contributed by atoms with van der Waals surface area (Å²) in [6.07, 6.45) is 9.97. The van der Waals surface area contributed by atoms with Gasteiger partial charge in [-0.2, -0.15) is 0 Å². The van der Waals surface area contributed by atoms with Crippen molar-refractivity contribution in [3.63, 3.8) is 0 Å². The lowest BCUT2D eigenvalue weighted by Gasteiger charge is -2.60. The van der Waals surface area contributed by atoms with Crippen molar-refractivity contribution < 1.29 is 48.0 Å². The number of hydrogen-bond acceptors (Lipinski definition) is 13. The van der Waals surface area contributed by atoms with Gasteiger partial charge in [0.2, 0.25) is 11.6 Å². The Balaban J connectivity index is 0.787. The summed E-state index contributed by atoms with van der Waals surface area (Å²) < 4.78 is 40.1. The zero-order valence-electron chi connectivity index (χ0n) is 37.0. The van der Waals surface area contributed by atoms with Gasteiger partial charge < -0.3 is 33.7 Å². The number of nitrogens with zero attached hydrogens (tertiary/aromatic N) is 2. The van der Waals surface area contributed by atoms with Gasteiger partial charge in [0, 0.05) is 78.4 Å². The van der Waals surface area contributed by atoms with Gasteiger partial charge in [0.15, 0.2) is 36.4 Å². The highest BCUT2D eigenvalue weighted by Gasteiger charge is 2.71. The van der Waals surface area contributed by atoms with E-state index in [2.05, 4.69) is 42.9 Å². The minimum atomic E-state index is -0.815. The molecule has 13 nitrogen and oxygen atoms in total. The summed E-state index contributed by atoms with van der Waals surface area (Å²) in [5, 5.41) is 5.40. The lowest BCUT2D eigenvalue weighted by atomic mass is 9.58. The van der Waals surface area contributed by atoms with Crippen LogP contribution in [0.5, 0.6) is 0 Å². The Kier molecular flexibility index (Phi) is 12.0. The Morgan fingerprint density at radius 2 is 1.28 bits per heavy atom. The zero-order chi connectivity index (χ0) is 42.1. The van der Waals surface area contributed by atoms with Crippen molar-refractivity contribution in [2.75, 3.05) is 44.7 Å². The van der Waals surface area contributed by atoms with Crippen molar-refractivity contribution in [3.05, 3.63) is 35.5 Å². The van der Waals surface area contributed by atoms with E-state index in [1.54, 1.807) is 0 Å². The molecule has 4 bridgehead atoms. The van der Waals surface area contributed by atoms with E-state index in [1.165, 1.54) is 0 Å². The molecule has 6 unspecified atom stereocenters. The van der Waals surface area contributed by atoms with Gasteiger partial charge in [-0.05, 0) is 120 Å². The number of benzene rings is 1. The first-order valence-corrected chi connectivity index (χ1v) is 23.9. The molecule has 10 fully saturated rings. The monoisotopic (exact) mass is 869 g/mol. The second kappa shape index (κ2) is 16.9. The summed E-state index contributed by atoms with van der Waals surface area (Å²) in [4.78, 5) is 31.8. The van der Waals surface area contributed by atoms with Crippen molar-refractivity contribution in [2.24, 2.45) is 47.3 Å². The van der Waals surface area contributed by atoms with Gasteiger partial charge in [-0.1, -0.05) is 39.3 Å². The van der Waals surface area contributed by atoms with Gasteiger partial charge in [0.25, 0.3) is 0 Å². The van der Waals surface area contributed by atoms with Crippen LogP contribution < -0.4 is 5.32 Å². The number of hydrogen-bond donors (Lipinski definition) is 1. The molecule has 14 heteroatoms. The van der Waals surface area contributed by atoms with Crippen molar-refractivity contribution in [3.8, 4) is 0 Å². The second-order valence-corrected chi connectivity index (χ2v) is 20.7. The molecular formula is C47H68ClN3O10. The Morgan fingerprint density at radius 3 is 1.85 bits per heavy atom. The number of halogens is 1. The van der Waals surface area contributed by atoms with Gasteiger partial charge in [-0.3, -0.25) is 9.88 Å². The van der Waals surface area contributed by atoms with E-state index in [1.807, 2.05) is 44.3 Å². The highest BCUT2D eigenvalue weighted by molar-refractivity contribution is 6.31. The van der Waals surface area contributed by atoms with Crippen LogP contribution in [-0.4, -0.2) is 97.2 Å². The molecule has 9 heterocycles. The first-order chi connectivity index (χ1) is 29.4. The molecule has 10 aliphatic rings. The normalized spacial score (nSPS) is 45.0. The molecular weight excluding hydrogens is 802 g/mol. The van der Waals surface area contributed by atoms with E-state index >= 15 is 0 Å². The van der Waals surface area contributed by atoms with Crippen LogP contribution in [0.25, 0.3) is 10.9 Å². The maximum atomic E-state index is 6.76. The summed E-state index contributed by atoms with van der Waals surface area (Å²) in [5.41, 5.74) is 0.747. The molecule has 12 rings (SSSR count). The minimum absolute atomic E-state index is 0.123. The van der Waals surface area contributed by atoms with Gasteiger partial charge in [-0.15, -0.1) is 0 Å². The number of nitrogens with one attached hydrogen (secondary N) is 1. The molecule has 16 atom stereocenters. The smallest absolute Gasteiger partial charge is 0.201 e. The third-order valence-corrected chi connectivity index (χ3v) is 16.7. The Morgan fingerprint density at radius 1 is 0.705 bits per heavy atom. The first-order valence-electron chi connectivity index (χ1n) is 23.6. The summed E-state index contributed by atoms with van der Waals surface area (Å²) in [6.45, 7) is 17.4. The van der Waals surface area contributed by atoms with Gasteiger partial charge in [0.05, 0.1) is 18.7 Å². The maximum absolute atomic E-state index is 6.76. The van der Waals surface area contributed by atoms with E-state index in [9.17, 15) is 0 Å². The molecule has 0 radical (unpaired) electrons. The number of unbranched alkanes of at least 4 members (excludes halogenated alkanes) is 1. The molecule has 1 aromatic heterocycles. The van der Waals surface area contributed by atoms with Crippen molar-refractivity contribution >= 4 is 28.2 Å². The van der Waals surface area contributed by atoms with Crippen LogP contribution in [0.2, 0.25) is 5.02 Å². The quantitative estimate of drug-likeness (QED) is 0.144. The van der Waals surface area contributed by atoms with Gasteiger partial charge in [0.1, 0.15) is 0 Å². The summed E-state index contributed by atoms with van der Waals surface area (Å²) in [5.74, 6) is 0.729. The average molecular weight is 871 g/mol. The number of rotatable bonds is 14. The molecule has 338 valence electrons.